The number of hydrogen-bond donors (Lipinski definition) is 0. The third-order valence-corrected chi connectivity index (χ3v) is 11.8. The Balaban J connectivity index is 1.21. The zero-order valence-electron chi connectivity index (χ0n) is 30.5. The minimum absolute atomic E-state index is 0.588. The van der Waals surface area contributed by atoms with E-state index in [1.165, 1.54) is 20.2 Å². The molecule has 0 atom stereocenters. The second-order valence-corrected chi connectivity index (χ2v) is 15.1. The van der Waals surface area contributed by atoms with E-state index >= 15 is 0 Å². The largest absolute Gasteiger partial charge is 0.254 e. The zero-order chi connectivity index (χ0) is 37.7. The van der Waals surface area contributed by atoms with Crippen LogP contribution in [0.4, 0.5) is 0 Å². The first-order valence-electron chi connectivity index (χ1n) is 18.9. The molecule has 0 aliphatic heterocycles. The highest BCUT2D eigenvalue weighted by molar-refractivity contribution is 7.26. The first-order chi connectivity index (χ1) is 28.2. The Hall–Kier alpha value is -7.41. The second-order valence-electron chi connectivity index (χ2n) is 14.1. The van der Waals surface area contributed by atoms with Gasteiger partial charge in [-0.05, 0) is 58.7 Å². The van der Waals surface area contributed by atoms with E-state index in [1.54, 1.807) is 0 Å². The van der Waals surface area contributed by atoms with Crippen molar-refractivity contribution < 1.29 is 0 Å². The molecule has 5 nitrogen and oxygen atoms in total. The predicted octanol–water partition coefficient (Wildman–Crippen LogP) is 13.3. The normalized spacial score (nSPS) is 11.5. The average molecular weight is 746 g/mol. The van der Waals surface area contributed by atoms with E-state index in [9.17, 15) is 0 Å². The summed E-state index contributed by atoms with van der Waals surface area (Å²) in [6.07, 6.45) is 1.85. The lowest BCUT2D eigenvalue weighted by atomic mass is 9.94. The summed E-state index contributed by atoms with van der Waals surface area (Å²) in [6, 6.07) is 63.3. The van der Waals surface area contributed by atoms with Crippen LogP contribution in [0.15, 0.2) is 188 Å². The van der Waals surface area contributed by atoms with E-state index in [0.717, 1.165) is 72.0 Å². The molecule has 57 heavy (non-hydrogen) atoms. The van der Waals surface area contributed by atoms with E-state index in [4.69, 9.17) is 24.9 Å². The highest BCUT2D eigenvalue weighted by atomic mass is 32.1. The molecule has 0 saturated carbocycles. The molecule has 0 saturated heterocycles. The van der Waals surface area contributed by atoms with E-state index in [-0.39, 0.29) is 0 Å². The monoisotopic (exact) mass is 745 g/mol. The maximum Gasteiger partial charge on any atom is 0.164 e. The summed E-state index contributed by atoms with van der Waals surface area (Å²) in [5.41, 5.74) is 10.7. The molecule has 0 bridgehead atoms. The number of fused-ring (bicyclic) bond motifs is 6. The zero-order valence-corrected chi connectivity index (χ0v) is 31.4. The van der Waals surface area contributed by atoms with Crippen LogP contribution < -0.4 is 0 Å². The van der Waals surface area contributed by atoms with Crippen molar-refractivity contribution in [1.29, 1.82) is 0 Å². The molecule has 0 aliphatic carbocycles. The Morgan fingerprint density at radius 3 is 1.70 bits per heavy atom. The van der Waals surface area contributed by atoms with Crippen molar-refractivity contribution in [2.75, 3.05) is 0 Å². The smallest absolute Gasteiger partial charge is 0.164 e. The van der Waals surface area contributed by atoms with Gasteiger partial charge >= 0.3 is 0 Å². The van der Waals surface area contributed by atoms with Crippen molar-refractivity contribution in [2.45, 2.75) is 0 Å². The van der Waals surface area contributed by atoms with Crippen LogP contribution in [-0.2, 0) is 0 Å². The van der Waals surface area contributed by atoms with Gasteiger partial charge in [0.1, 0.15) is 0 Å². The van der Waals surface area contributed by atoms with Crippen molar-refractivity contribution >= 4 is 53.3 Å². The highest BCUT2D eigenvalue weighted by Crippen LogP contribution is 2.43. The molecule has 0 aliphatic rings. The number of thiophene rings is 1. The Morgan fingerprint density at radius 1 is 0.351 bits per heavy atom. The molecule has 11 rings (SSSR count). The van der Waals surface area contributed by atoms with Crippen LogP contribution in [0.1, 0.15) is 0 Å². The molecule has 266 valence electrons. The summed E-state index contributed by atoms with van der Waals surface area (Å²) in [5, 5.41) is 4.61. The van der Waals surface area contributed by atoms with Gasteiger partial charge in [0.15, 0.2) is 17.5 Å². The van der Waals surface area contributed by atoms with Gasteiger partial charge in [-0.3, -0.25) is 4.98 Å². The lowest BCUT2D eigenvalue weighted by Crippen LogP contribution is -2.00. The van der Waals surface area contributed by atoms with Crippen molar-refractivity contribution in [1.82, 2.24) is 24.9 Å². The molecular weight excluding hydrogens is 715 g/mol. The van der Waals surface area contributed by atoms with Crippen LogP contribution in [0.2, 0.25) is 0 Å². The highest BCUT2D eigenvalue weighted by Gasteiger charge is 2.19. The summed E-state index contributed by atoms with van der Waals surface area (Å²) in [4.78, 5) is 25.6. The molecular formula is C51H31N5S. The van der Waals surface area contributed by atoms with Crippen LogP contribution in [-0.4, -0.2) is 24.9 Å². The average Bonchev–Trinajstić information content (AvgIpc) is 3.68. The van der Waals surface area contributed by atoms with E-state index < -0.39 is 0 Å². The van der Waals surface area contributed by atoms with E-state index in [2.05, 4.69) is 115 Å². The van der Waals surface area contributed by atoms with Gasteiger partial charge in [0.05, 0.1) is 16.7 Å². The van der Waals surface area contributed by atoms with Gasteiger partial charge in [0, 0.05) is 59.4 Å². The number of nitrogens with zero attached hydrogens (tertiary/aromatic N) is 5. The SMILES string of the molecule is c1ccc(-c2nc(-c3ccccc3)nc(-c3cc(-c4cc(-c5ccccc5)c5ccc6cccnc6c5n4)cc(-c4cccc5c4sc4ccccc45)c3)n2)cc1. The molecule has 0 spiro atoms. The maximum atomic E-state index is 5.44. The summed E-state index contributed by atoms with van der Waals surface area (Å²) in [6.45, 7) is 0. The molecule has 0 N–H and O–H groups in total. The molecule has 0 unspecified atom stereocenters. The van der Waals surface area contributed by atoms with Gasteiger partial charge in [0.2, 0.25) is 0 Å². The first-order valence-corrected chi connectivity index (χ1v) is 19.7. The second kappa shape index (κ2) is 13.7. The lowest BCUT2D eigenvalue weighted by molar-refractivity contribution is 1.07. The molecule has 6 heteroatoms. The fourth-order valence-corrected chi connectivity index (χ4v) is 9.04. The fraction of sp³-hybridized carbons (Fsp3) is 0. The van der Waals surface area contributed by atoms with E-state index in [0.29, 0.717) is 17.5 Å². The number of pyridine rings is 2. The van der Waals surface area contributed by atoms with Crippen LogP contribution in [0.5, 0.6) is 0 Å². The van der Waals surface area contributed by atoms with Crippen molar-refractivity contribution in [2.24, 2.45) is 0 Å². The van der Waals surface area contributed by atoms with Gasteiger partial charge in [-0.1, -0.05) is 146 Å². The summed E-state index contributed by atoms with van der Waals surface area (Å²) < 4.78 is 2.50. The Bertz CT molecular complexity index is 3230. The van der Waals surface area contributed by atoms with Gasteiger partial charge in [-0.25, -0.2) is 19.9 Å². The third kappa shape index (κ3) is 5.91. The third-order valence-electron chi connectivity index (χ3n) is 10.5. The standard InChI is InChI=1S/C51H31N5S/c1-4-14-32(15-5-1)43-31-44(53-47-41(43)26-25-33-20-13-27-52-46(33)47)37-28-36(39-22-12-23-42-40-21-10-11-24-45(40)57-48(39)42)29-38(30-37)51-55-49(34-16-6-2-7-17-34)54-50(56-51)35-18-8-3-9-19-35/h1-31H. The fourth-order valence-electron chi connectivity index (χ4n) is 7.80. The van der Waals surface area contributed by atoms with Crippen molar-refractivity contribution in [3.8, 4) is 67.7 Å². The van der Waals surface area contributed by atoms with Gasteiger partial charge in [0.25, 0.3) is 0 Å². The molecule has 4 aromatic heterocycles. The van der Waals surface area contributed by atoms with Crippen molar-refractivity contribution in [3.05, 3.63) is 188 Å². The van der Waals surface area contributed by atoms with Crippen molar-refractivity contribution in [3.63, 3.8) is 0 Å². The number of hydrogen-bond acceptors (Lipinski definition) is 6. The lowest BCUT2D eigenvalue weighted by Gasteiger charge is -2.15. The van der Waals surface area contributed by atoms with Gasteiger partial charge < -0.3 is 0 Å². The van der Waals surface area contributed by atoms with Gasteiger partial charge in [-0.2, -0.15) is 0 Å². The van der Waals surface area contributed by atoms with Crippen LogP contribution >= 0.6 is 11.3 Å². The topological polar surface area (TPSA) is 64.5 Å². The number of benzene rings is 7. The molecule has 11 aromatic rings. The Kier molecular flexibility index (Phi) is 7.93. The molecule has 7 aromatic carbocycles. The Morgan fingerprint density at radius 2 is 0.965 bits per heavy atom. The summed E-state index contributed by atoms with van der Waals surface area (Å²) in [7, 11) is 0. The molecule has 4 heterocycles. The molecule has 0 amide bonds. The minimum Gasteiger partial charge on any atom is -0.254 e. The molecule has 0 radical (unpaired) electrons. The first kappa shape index (κ1) is 33.0. The predicted molar refractivity (Wildman–Crippen MR) is 236 cm³/mol. The van der Waals surface area contributed by atoms with Gasteiger partial charge in [-0.15, -0.1) is 11.3 Å². The number of aromatic nitrogens is 5. The maximum absolute atomic E-state index is 5.44. The summed E-state index contributed by atoms with van der Waals surface area (Å²) in [5.74, 6) is 1.82. The van der Waals surface area contributed by atoms with E-state index in [1.807, 2.05) is 84.3 Å². The minimum atomic E-state index is 0.588. The molecule has 0 fully saturated rings. The Labute approximate surface area is 332 Å². The van der Waals surface area contributed by atoms with Crippen LogP contribution in [0.25, 0.3) is 110 Å². The number of rotatable bonds is 6. The van der Waals surface area contributed by atoms with Crippen LogP contribution in [0, 0.1) is 0 Å². The quantitative estimate of drug-likeness (QED) is 0.159. The van der Waals surface area contributed by atoms with Crippen LogP contribution in [0.3, 0.4) is 0 Å². The summed E-state index contributed by atoms with van der Waals surface area (Å²) >= 11 is 1.82.